The van der Waals surface area contributed by atoms with Crippen molar-refractivity contribution in [1.29, 1.82) is 0 Å². The van der Waals surface area contributed by atoms with Crippen molar-refractivity contribution < 1.29 is 39.1 Å². The number of carbonyl (C=O) groups excluding carboxylic acids is 2. The highest BCUT2D eigenvalue weighted by atomic mass is 35.5. The number of aliphatic hydroxyl groups is 2. The van der Waals surface area contributed by atoms with Crippen LogP contribution in [0.4, 0.5) is 0 Å². The summed E-state index contributed by atoms with van der Waals surface area (Å²) in [5, 5.41) is 30.2. The SMILES string of the molecule is CCCCCCCOc1cc(O)c(C(=O)Cc2ccc(C#Cc3ccc(OC(=O)c4cc(CO)c(C)cc4CO)cc3Cl)cc2)cc1OC. The molecule has 0 amide bonds. The van der Waals surface area contributed by atoms with Gasteiger partial charge >= 0.3 is 5.97 Å². The number of aryl methyl sites for hydroxylation is 1. The number of Topliss-reactive ketones (excluding diaryl/α,β-unsaturated/α-hetero) is 1. The van der Waals surface area contributed by atoms with Gasteiger partial charge in [0.05, 0.1) is 43.1 Å². The Morgan fingerprint density at radius 1 is 0.816 bits per heavy atom. The van der Waals surface area contributed by atoms with Gasteiger partial charge in [-0.3, -0.25) is 4.79 Å². The summed E-state index contributed by atoms with van der Waals surface area (Å²) in [6.07, 6.45) is 5.56. The van der Waals surface area contributed by atoms with Gasteiger partial charge < -0.3 is 29.5 Å². The zero-order chi connectivity index (χ0) is 35.3. The monoisotopic (exact) mass is 684 g/mol. The van der Waals surface area contributed by atoms with Crippen molar-refractivity contribution in [2.45, 2.75) is 65.6 Å². The molecule has 256 valence electrons. The van der Waals surface area contributed by atoms with E-state index in [1.807, 2.05) is 0 Å². The topological polar surface area (TPSA) is 123 Å². The van der Waals surface area contributed by atoms with Crippen LogP contribution >= 0.6 is 11.6 Å². The fourth-order valence-corrected chi connectivity index (χ4v) is 5.40. The van der Waals surface area contributed by atoms with Crippen molar-refractivity contribution in [3.8, 4) is 34.8 Å². The number of carbonyl (C=O) groups is 2. The predicted octanol–water partition coefficient (Wildman–Crippen LogP) is 7.74. The maximum absolute atomic E-state index is 13.1. The molecule has 0 spiro atoms. The van der Waals surface area contributed by atoms with E-state index < -0.39 is 5.97 Å². The van der Waals surface area contributed by atoms with Gasteiger partial charge in [-0.15, -0.1) is 0 Å². The predicted molar refractivity (Wildman–Crippen MR) is 189 cm³/mol. The second-order valence-corrected chi connectivity index (χ2v) is 12.0. The molecule has 9 heteroatoms. The van der Waals surface area contributed by atoms with E-state index in [-0.39, 0.29) is 53.1 Å². The van der Waals surface area contributed by atoms with E-state index in [4.69, 9.17) is 25.8 Å². The number of aromatic hydroxyl groups is 1. The maximum atomic E-state index is 13.1. The van der Waals surface area contributed by atoms with Crippen molar-refractivity contribution >= 4 is 23.4 Å². The van der Waals surface area contributed by atoms with Crippen LogP contribution in [0.15, 0.2) is 66.7 Å². The molecule has 0 fully saturated rings. The summed E-state index contributed by atoms with van der Waals surface area (Å²) in [4.78, 5) is 26.0. The van der Waals surface area contributed by atoms with Crippen LogP contribution in [0.5, 0.6) is 23.0 Å². The molecule has 49 heavy (non-hydrogen) atoms. The normalized spacial score (nSPS) is 10.7. The highest BCUT2D eigenvalue weighted by Gasteiger charge is 2.19. The van der Waals surface area contributed by atoms with E-state index >= 15 is 0 Å². The molecule has 0 aliphatic heterocycles. The lowest BCUT2D eigenvalue weighted by Crippen LogP contribution is -2.13. The summed E-state index contributed by atoms with van der Waals surface area (Å²) in [6, 6.07) is 18.0. The maximum Gasteiger partial charge on any atom is 0.343 e. The average Bonchev–Trinajstić information content (AvgIpc) is 3.09. The largest absolute Gasteiger partial charge is 0.507 e. The summed E-state index contributed by atoms with van der Waals surface area (Å²) >= 11 is 6.44. The molecule has 4 rings (SSSR count). The number of unbranched alkanes of at least 4 members (excludes halogenated alkanes) is 4. The number of aliphatic hydroxyl groups excluding tert-OH is 2. The number of phenolic OH excluding ortho intramolecular Hbond substituents is 1. The first-order valence-corrected chi connectivity index (χ1v) is 16.6. The standard InChI is InChI=1S/C40H41ClO8/c1-4-5-6-7-8-17-48-39-23-37(45)34(22-38(39)47-3)36(44)19-28-11-9-27(10-12-28)13-14-29-15-16-32(21-35(29)41)49-40(46)33-20-30(24-42)26(2)18-31(33)25-43/h9-12,15-16,18,20-23,42-43,45H,4-8,17,19,24-25H2,1-3H3. The number of benzene rings is 4. The van der Waals surface area contributed by atoms with Gasteiger partial charge in [0.15, 0.2) is 17.3 Å². The van der Waals surface area contributed by atoms with E-state index in [0.29, 0.717) is 40.4 Å². The summed E-state index contributed by atoms with van der Waals surface area (Å²) in [5.41, 5.74) is 3.98. The molecule has 4 aromatic rings. The lowest BCUT2D eigenvalue weighted by molar-refractivity contribution is 0.0730. The molecule has 4 aromatic carbocycles. The minimum Gasteiger partial charge on any atom is -0.507 e. The Morgan fingerprint density at radius 2 is 1.55 bits per heavy atom. The number of hydrogen-bond donors (Lipinski definition) is 3. The number of halogens is 1. The quantitative estimate of drug-likeness (QED) is 0.0382. The Bertz CT molecular complexity index is 1840. The third-order valence-electron chi connectivity index (χ3n) is 8.02. The van der Waals surface area contributed by atoms with Crippen LogP contribution in [0.1, 0.15) is 93.1 Å². The zero-order valence-electron chi connectivity index (χ0n) is 28.0. The molecule has 8 nitrogen and oxygen atoms in total. The molecule has 0 aliphatic rings. The first kappa shape index (κ1) is 37.0. The number of methoxy groups -OCH3 is 1. The smallest absolute Gasteiger partial charge is 0.343 e. The van der Waals surface area contributed by atoms with Crippen LogP contribution in [0.25, 0.3) is 0 Å². The molecular weight excluding hydrogens is 644 g/mol. The second-order valence-electron chi connectivity index (χ2n) is 11.6. The van der Waals surface area contributed by atoms with Gasteiger partial charge in [0.2, 0.25) is 0 Å². The Morgan fingerprint density at radius 3 is 2.22 bits per heavy atom. The van der Waals surface area contributed by atoms with Gasteiger partial charge in [0.25, 0.3) is 0 Å². The number of rotatable bonds is 15. The highest BCUT2D eigenvalue weighted by molar-refractivity contribution is 6.31. The van der Waals surface area contributed by atoms with Crippen molar-refractivity contribution in [3.05, 3.63) is 116 Å². The van der Waals surface area contributed by atoms with Crippen LogP contribution in [0, 0.1) is 18.8 Å². The first-order valence-electron chi connectivity index (χ1n) is 16.2. The zero-order valence-corrected chi connectivity index (χ0v) is 28.7. The number of phenols is 1. The molecule has 0 saturated carbocycles. The van der Waals surface area contributed by atoms with Crippen molar-refractivity contribution in [1.82, 2.24) is 0 Å². The third-order valence-corrected chi connectivity index (χ3v) is 8.33. The second kappa shape index (κ2) is 18.1. The van der Waals surface area contributed by atoms with Crippen molar-refractivity contribution in [2.75, 3.05) is 13.7 Å². The minimum absolute atomic E-state index is 0.0672. The van der Waals surface area contributed by atoms with Crippen LogP contribution in [-0.2, 0) is 19.6 Å². The van der Waals surface area contributed by atoms with E-state index in [2.05, 4.69) is 18.8 Å². The molecule has 0 radical (unpaired) electrons. The lowest BCUT2D eigenvalue weighted by atomic mass is 10.00. The van der Waals surface area contributed by atoms with Crippen LogP contribution in [0.2, 0.25) is 5.02 Å². The molecule has 0 aromatic heterocycles. The van der Waals surface area contributed by atoms with Crippen molar-refractivity contribution in [2.24, 2.45) is 0 Å². The highest BCUT2D eigenvalue weighted by Crippen LogP contribution is 2.35. The molecule has 3 N–H and O–H groups in total. The summed E-state index contributed by atoms with van der Waals surface area (Å²) in [7, 11) is 1.50. The number of ether oxygens (including phenoxy) is 3. The van der Waals surface area contributed by atoms with E-state index in [1.54, 1.807) is 49.4 Å². The average molecular weight is 685 g/mol. The Balaban J connectivity index is 1.37. The first-order chi connectivity index (χ1) is 23.7. The summed E-state index contributed by atoms with van der Waals surface area (Å²) < 4.78 is 16.8. The Kier molecular flexibility index (Phi) is 13.7. The minimum atomic E-state index is -0.684. The van der Waals surface area contributed by atoms with Crippen LogP contribution in [-0.4, -0.2) is 40.8 Å². The van der Waals surface area contributed by atoms with Gasteiger partial charge in [0.1, 0.15) is 11.5 Å². The summed E-state index contributed by atoms with van der Waals surface area (Å²) in [6.45, 7) is 3.85. The molecule has 0 saturated heterocycles. The van der Waals surface area contributed by atoms with Gasteiger partial charge in [-0.25, -0.2) is 4.79 Å². The van der Waals surface area contributed by atoms with Gasteiger partial charge in [-0.1, -0.05) is 74.2 Å². The molecule has 0 atom stereocenters. The molecule has 0 bridgehead atoms. The molecule has 0 heterocycles. The molecule has 0 unspecified atom stereocenters. The number of hydrogen-bond acceptors (Lipinski definition) is 8. The van der Waals surface area contributed by atoms with Crippen molar-refractivity contribution in [3.63, 3.8) is 0 Å². The van der Waals surface area contributed by atoms with Gasteiger partial charge in [0, 0.05) is 29.7 Å². The Hall–Kier alpha value is -4.81. The van der Waals surface area contributed by atoms with Gasteiger partial charge in [-0.2, -0.15) is 0 Å². The lowest BCUT2D eigenvalue weighted by Gasteiger charge is -2.13. The summed E-state index contributed by atoms with van der Waals surface area (Å²) in [5.74, 6) is 5.94. The number of ketones is 1. The van der Waals surface area contributed by atoms with Gasteiger partial charge in [-0.05, 0) is 72.0 Å². The van der Waals surface area contributed by atoms with E-state index in [1.165, 1.54) is 44.2 Å². The number of esters is 1. The van der Waals surface area contributed by atoms with Crippen LogP contribution < -0.4 is 14.2 Å². The molecular formula is C40H41ClO8. The van der Waals surface area contributed by atoms with Crippen LogP contribution in [0.3, 0.4) is 0 Å². The Labute approximate surface area is 292 Å². The van der Waals surface area contributed by atoms with E-state index in [9.17, 15) is 24.9 Å². The fourth-order valence-electron chi connectivity index (χ4n) is 5.19. The van der Waals surface area contributed by atoms with E-state index in [0.717, 1.165) is 30.4 Å². The third kappa shape index (κ3) is 10.1. The fraction of sp³-hybridized carbons (Fsp3) is 0.300. The molecule has 0 aliphatic carbocycles.